The predicted molar refractivity (Wildman–Crippen MR) is 112 cm³/mol. The zero-order valence-electron chi connectivity index (χ0n) is 15.6. The minimum Gasteiger partial charge on any atom is -0.329 e. The van der Waals surface area contributed by atoms with Gasteiger partial charge in [0.15, 0.2) is 5.78 Å². The lowest BCUT2D eigenvalue weighted by Gasteiger charge is -2.40. The summed E-state index contributed by atoms with van der Waals surface area (Å²) in [7, 11) is 0. The van der Waals surface area contributed by atoms with Crippen molar-refractivity contribution in [2.45, 2.75) is 13.0 Å². The van der Waals surface area contributed by atoms with Gasteiger partial charge in [-0.1, -0.05) is 61.2 Å². The quantitative estimate of drug-likeness (QED) is 0.523. The molecule has 0 radical (unpaired) electrons. The van der Waals surface area contributed by atoms with Gasteiger partial charge in [0.05, 0.1) is 6.04 Å². The van der Waals surface area contributed by atoms with Gasteiger partial charge in [-0.05, 0) is 54.0 Å². The van der Waals surface area contributed by atoms with Gasteiger partial charge in [0.2, 0.25) is 0 Å². The zero-order valence-corrected chi connectivity index (χ0v) is 15.6. The van der Waals surface area contributed by atoms with Gasteiger partial charge >= 0.3 is 0 Å². The molecular weight excluding hydrogens is 349 g/mol. The van der Waals surface area contributed by atoms with E-state index in [9.17, 15) is 9.18 Å². The number of hydrogen-bond donors (Lipinski definition) is 0. The molecule has 1 heterocycles. The van der Waals surface area contributed by atoms with Crippen LogP contribution in [-0.2, 0) is 4.79 Å². The topological polar surface area (TPSA) is 20.3 Å². The first-order valence-corrected chi connectivity index (χ1v) is 9.17. The summed E-state index contributed by atoms with van der Waals surface area (Å²) in [5, 5.41) is 0. The number of fused-ring (bicyclic) bond motifs is 1. The van der Waals surface area contributed by atoms with E-state index in [4.69, 9.17) is 0 Å². The fraction of sp³-hybridized carbons (Fsp3) is 0.0800. The van der Waals surface area contributed by atoms with Crippen LogP contribution in [0.2, 0.25) is 0 Å². The smallest absolute Gasteiger partial charge is 0.157 e. The van der Waals surface area contributed by atoms with Gasteiger partial charge in [-0.3, -0.25) is 4.79 Å². The molecule has 3 aromatic carbocycles. The molecule has 0 saturated carbocycles. The van der Waals surface area contributed by atoms with Gasteiger partial charge in [0.25, 0.3) is 0 Å². The number of halogens is 1. The number of anilines is 1. The molecule has 1 aliphatic rings. The number of nitrogens with zero attached hydrogens (tertiary/aromatic N) is 1. The second kappa shape index (κ2) is 7.28. The monoisotopic (exact) mass is 369 g/mol. The van der Waals surface area contributed by atoms with E-state index in [1.165, 1.54) is 19.1 Å². The molecule has 0 amide bonds. The molecule has 0 bridgehead atoms. The van der Waals surface area contributed by atoms with Crippen LogP contribution in [0.15, 0.2) is 91.0 Å². The lowest BCUT2D eigenvalue weighted by atomic mass is 9.86. The summed E-state index contributed by atoms with van der Waals surface area (Å²) in [5.74, 6) is -0.366. The van der Waals surface area contributed by atoms with Gasteiger partial charge in [-0.15, -0.1) is 0 Å². The van der Waals surface area contributed by atoms with E-state index >= 15 is 0 Å². The number of carbonyl (C=O) groups is 1. The summed E-state index contributed by atoms with van der Waals surface area (Å²) in [6.45, 7) is 5.64. The average molecular weight is 369 g/mol. The third kappa shape index (κ3) is 3.16. The molecule has 0 saturated heterocycles. The van der Waals surface area contributed by atoms with Crippen molar-refractivity contribution in [3.63, 3.8) is 0 Å². The van der Waals surface area contributed by atoms with Crippen molar-refractivity contribution in [3.05, 3.63) is 114 Å². The van der Waals surface area contributed by atoms with Gasteiger partial charge in [0, 0.05) is 17.0 Å². The van der Waals surface area contributed by atoms with Crippen LogP contribution in [-0.4, -0.2) is 5.78 Å². The molecule has 1 atom stereocenters. The van der Waals surface area contributed by atoms with Crippen LogP contribution < -0.4 is 4.90 Å². The normalized spacial score (nSPS) is 15.6. The Kier molecular flexibility index (Phi) is 4.66. The Morgan fingerprint density at radius 3 is 2.25 bits per heavy atom. The Labute approximate surface area is 164 Å². The molecular formula is C25H20FNO. The highest BCUT2D eigenvalue weighted by Gasteiger charge is 2.33. The van der Waals surface area contributed by atoms with Crippen LogP contribution in [0.3, 0.4) is 0 Å². The predicted octanol–water partition coefficient (Wildman–Crippen LogP) is 6.03. The largest absolute Gasteiger partial charge is 0.329 e. The van der Waals surface area contributed by atoms with Crippen molar-refractivity contribution in [1.82, 2.24) is 0 Å². The van der Waals surface area contributed by atoms with Crippen molar-refractivity contribution >= 4 is 23.2 Å². The third-order valence-corrected chi connectivity index (χ3v) is 5.06. The summed E-state index contributed by atoms with van der Waals surface area (Å²) in [4.78, 5) is 14.4. The summed E-state index contributed by atoms with van der Waals surface area (Å²) in [6, 6.07) is 24.0. The summed E-state index contributed by atoms with van der Waals surface area (Å²) in [5.41, 5.74) is 5.32. The molecule has 1 aliphatic heterocycles. The Hall–Kier alpha value is -3.46. The lowest BCUT2D eigenvalue weighted by molar-refractivity contribution is -0.113. The highest BCUT2D eigenvalue weighted by atomic mass is 19.1. The van der Waals surface area contributed by atoms with E-state index in [0.717, 1.165) is 28.1 Å². The van der Waals surface area contributed by atoms with E-state index in [-0.39, 0.29) is 17.6 Å². The zero-order chi connectivity index (χ0) is 19.7. The average Bonchev–Trinajstić information content (AvgIpc) is 2.73. The number of Topliss-reactive ketones (excluding diaryl/α,β-unsaturated/α-hetero) is 1. The number of benzene rings is 3. The minimum atomic E-state index is -0.362. The summed E-state index contributed by atoms with van der Waals surface area (Å²) >= 11 is 0. The third-order valence-electron chi connectivity index (χ3n) is 5.06. The fourth-order valence-corrected chi connectivity index (χ4v) is 3.64. The number of ketones is 1. The molecule has 28 heavy (non-hydrogen) atoms. The van der Waals surface area contributed by atoms with Crippen molar-refractivity contribution in [3.8, 4) is 0 Å². The van der Waals surface area contributed by atoms with Gasteiger partial charge in [-0.25, -0.2) is 4.39 Å². The maximum absolute atomic E-state index is 13.6. The molecule has 3 aromatic rings. The van der Waals surface area contributed by atoms with E-state index in [1.807, 2.05) is 54.6 Å². The second-order valence-corrected chi connectivity index (χ2v) is 6.85. The molecule has 0 spiro atoms. The molecule has 4 rings (SSSR count). The summed E-state index contributed by atoms with van der Waals surface area (Å²) in [6.07, 6.45) is 2.11. The van der Waals surface area contributed by atoms with Gasteiger partial charge in [0.1, 0.15) is 5.82 Å². The van der Waals surface area contributed by atoms with Crippen LogP contribution >= 0.6 is 0 Å². The van der Waals surface area contributed by atoms with Crippen LogP contribution in [0.25, 0.3) is 11.8 Å². The minimum absolute atomic E-state index is 0.0683. The summed E-state index contributed by atoms with van der Waals surface area (Å²) < 4.78 is 13.6. The maximum Gasteiger partial charge on any atom is 0.157 e. The second-order valence-electron chi connectivity index (χ2n) is 6.85. The standard InChI is InChI=1S/C25H20FNO/c1-17(18(2)28)25-23-11-7-6-10-20(23)16-24(19-8-4-3-5-9-19)27(25)22-14-12-21(26)13-15-22/h3-16,25H,1H2,2H3. The van der Waals surface area contributed by atoms with Crippen LogP contribution in [0.1, 0.15) is 29.7 Å². The van der Waals surface area contributed by atoms with E-state index in [0.29, 0.717) is 5.57 Å². The van der Waals surface area contributed by atoms with Crippen LogP contribution in [0, 0.1) is 5.82 Å². The van der Waals surface area contributed by atoms with Crippen molar-refractivity contribution in [2.24, 2.45) is 0 Å². The first-order valence-electron chi connectivity index (χ1n) is 9.17. The molecule has 1 unspecified atom stereocenters. The highest BCUT2D eigenvalue weighted by molar-refractivity contribution is 6.00. The first-order chi connectivity index (χ1) is 13.6. The number of carbonyl (C=O) groups excluding carboxylic acids is 1. The van der Waals surface area contributed by atoms with Crippen molar-refractivity contribution in [2.75, 3.05) is 4.90 Å². The Bertz CT molecular complexity index is 1070. The van der Waals surface area contributed by atoms with E-state index in [1.54, 1.807) is 12.1 Å². The van der Waals surface area contributed by atoms with Crippen LogP contribution in [0.5, 0.6) is 0 Å². The molecule has 0 fully saturated rings. The maximum atomic E-state index is 13.6. The van der Waals surface area contributed by atoms with E-state index in [2.05, 4.69) is 17.6 Å². The van der Waals surface area contributed by atoms with Gasteiger partial charge in [-0.2, -0.15) is 0 Å². The highest BCUT2D eigenvalue weighted by Crippen LogP contribution is 2.44. The Balaban J connectivity index is 1.99. The van der Waals surface area contributed by atoms with Crippen molar-refractivity contribution in [1.29, 1.82) is 0 Å². The molecule has 138 valence electrons. The first kappa shape index (κ1) is 17.9. The van der Waals surface area contributed by atoms with Crippen molar-refractivity contribution < 1.29 is 9.18 Å². The van der Waals surface area contributed by atoms with Gasteiger partial charge < -0.3 is 4.90 Å². The molecule has 0 aromatic heterocycles. The van der Waals surface area contributed by atoms with E-state index < -0.39 is 0 Å². The number of rotatable bonds is 4. The number of hydrogen-bond acceptors (Lipinski definition) is 2. The SMILES string of the molecule is C=C(C(C)=O)C1c2ccccc2C=C(c2ccccc2)N1c1ccc(F)cc1. The van der Waals surface area contributed by atoms with Crippen LogP contribution in [0.4, 0.5) is 10.1 Å². The fourth-order valence-electron chi connectivity index (χ4n) is 3.64. The Morgan fingerprint density at radius 2 is 1.57 bits per heavy atom. The molecule has 0 N–H and O–H groups in total. The lowest BCUT2D eigenvalue weighted by Crippen LogP contribution is -2.33. The Morgan fingerprint density at radius 1 is 0.929 bits per heavy atom. The molecule has 2 nitrogen and oxygen atoms in total. The molecule has 0 aliphatic carbocycles. The molecule has 3 heteroatoms.